The van der Waals surface area contributed by atoms with E-state index in [1.165, 1.54) is 0 Å². The minimum absolute atomic E-state index is 0.0923. The van der Waals surface area contributed by atoms with Crippen LogP contribution in [0.5, 0.6) is 11.5 Å². The number of hydrogen-bond acceptors (Lipinski definition) is 3. The molecule has 0 atom stereocenters. The quantitative estimate of drug-likeness (QED) is 0.286. The maximum Gasteiger partial charge on any atom is 0.232 e. The van der Waals surface area contributed by atoms with E-state index in [1.807, 2.05) is 55.5 Å². The molecule has 1 aromatic heterocycles. The average Bonchev–Trinajstić information content (AvgIpc) is 3.31. The molecule has 1 aliphatic rings. The van der Waals surface area contributed by atoms with Gasteiger partial charge < -0.3 is 14.0 Å². The van der Waals surface area contributed by atoms with E-state index in [1.54, 1.807) is 6.07 Å². The number of para-hydroxylation sites is 1. The number of benzene rings is 3. The van der Waals surface area contributed by atoms with E-state index in [-0.39, 0.29) is 5.78 Å². The van der Waals surface area contributed by atoms with Gasteiger partial charge in [0, 0.05) is 39.7 Å². The average molecular weight is 488 g/mol. The van der Waals surface area contributed by atoms with Gasteiger partial charge in [-0.3, -0.25) is 4.79 Å². The number of aromatic nitrogens is 1. The number of nitrogens with zero attached hydrogens (tertiary/aromatic N) is 1. The number of allylic oxidation sites excluding steroid dienone is 1. The smallest absolute Gasteiger partial charge is 0.232 e. The summed E-state index contributed by atoms with van der Waals surface area (Å²) < 4.78 is 15.2. The summed E-state index contributed by atoms with van der Waals surface area (Å²) in [6, 6.07) is 19.9. The number of carbonyl (C=O) groups excluding carboxylic acids is 1. The largest absolute Gasteiger partial charge is 0.489 e. The van der Waals surface area contributed by atoms with E-state index in [2.05, 4.69) is 45.8 Å². The van der Waals surface area contributed by atoms with Gasteiger partial charge in [0.2, 0.25) is 5.78 Å². The van der Waals surface area contributed by atoms with E-state index < -0.39 is 0 Å². The van der Waals surface area contributed by atoms with E-state index in [4.69, 9.17) is 9.47 Å². The Labute approximate surface area is 195 Å². The summed E-state index contributed by atoms with van der Waals surface area (Å²) in [5, 5.41) is 1.10. The summed E-state index contributed by atoms with van der Waals surface area (Å²) >= 11 is 3.44. The van der Waals surface area contributed by atoms with Gasteiger partial charge in [-0.05, 0) is 55.3 Å². The lowest BCUT2D eigenvalue weighted by atomic mass is 10.0. The summed E-state index contributed by atoms with van der Waals surface area (Å²) in [7, 11) is 0. The number of carbonyl (C=O) groups is 1. The second kappa shape index (κ2) is 8.32. The SMILES string of the molecule is CCn1cc(/C=C2\Oc3cc(OCc4ccc(Br)cc4)cc(C)c3C2=O)c2ccccc21. The summed E-state index contributed by atoms with van der Waals surface area (Å²) in [4.78, 5) is 13.1. The molecule has 0 saturated heterocycles. The highest BCUT2D eigenvalue weighted by Gasteiger charge is 2.30. The highest BCUT2D eigenvalue weighted by molar-refractivity contribution is 9.10. The molecule has 0 bridgehead atoms. The van der Waals surface area contributed by atoms with Crippen LogP contribution in [0, 0.1) is 6.92 Å². The van der Waals surface area contributed by atoms with Crippen molar-refractivity contribution in [3.8, 4) is 11.5 Å². The van der Waals surface area contributed by atoms with Crippen LogP contribution in [0.1, 0.15) is 34.0 Å². The minimum Gasteiger partial charge on any atom is -0.489 e. The first-order chi connectivity index (χ1) is 15.5. The van der Waals surface area contributed by atoms with E-state index in [0.29, 0.717) is 29.4 Å². The lowest BCUT2D eigenvalue weighted by Crippen LogP contribution is -2.00. The number of halogens is 1. The molecule has 5 rings (SSSR count). The van der Waals surface area contributed by atoms with Crippen LogP contribution in [0.4, 0.5) is 0 Å². The van der Waals surface area contributed by atoms with Crippen molar-refractivity contribution in [2.45, 2.75) is 27.0 Å². The van der Waals surface area contributed by atoms with Crippen LogP contribution < -0.4 is 9.47 Å². The molecule has 4 nitrogen and oxygen atoms in total. The normalized spacial score (nSPS) is 14.1. The van der Waals surface area contributed by atoms with Crippen molar-refractivity contribution in [2.24, 2.45) is 0 Å². The second-order valence-electron chi connectivity index (χ2n) is 7.86. The van der Waals surface area contributed by atoms with Gasteiger partial charge in [0.25, 0.3) is 0 Å². The number of fused-ring (bicyclic) bond motifs is 2. The third-order valence-corrected chi connectivity index (χ3v) is 6.24. The third-order valence-electron chi connectivity index (χ3n) is 5.71. The van der Waals surface area contributed by atoms with Crippen molar-refractivity contribution in [3.63, 3.8) is 0 Å². The molecule has 0 spiro atoms. The van der Waals surface area contributed by atoms with E-state index in [9.17, 15) is 4.79 Å². The second-order valence-corrected chi connectivity index (χ2v) is 8.77. The molecule has 4 aromatic rings. The van der Waals surface area contributed by atoms with Crippen LogP contribution in [0.3, 0.4) is 0 Å². The van der Waals surface area contributed by atoms with Gasteiger partial charge in [0.05, 0.1) is 5.56 Å². The highest BCUT2D eigenvalue weighted by atomic mass is 79.9. The Morgan fingerprint density at radius 1 is 1.09 bits per heavy atom. The van der Waals surface area contributed by atoms with Gasteiger partial charge in [-0.15, -0.1) is 0 Å². The van der Waals surface area contributed by atoms with Crippen LogP contribution in [-0.2, 0) is 13.2 Å². The Morgan fingerprint density at radius 2 is 1.88 bits per heavy atom. The Bertz CT molecular complexity index is 1370. The monoisotopic (exact) mass is 487 g/mol. The van der Waals surface area contributed by atoms with Gasteiger partial charge in [-0.1, -0.05) is 46.3 Å². The fourth-order valence-electron chi connectivity index (χ4n) is 4.10. The Kier molecular flexibility index (Phi) is 5.35. The van der Waals surface area contributed by atoms with E-state index >= 15 is 0 Å². The summed E-state index contributed by atoms with van der Waals surface area (Å²) in [6.07, 6.45) is 3.91. The molecule has 0 radical (unpaired) electrons. The van der Waals surface area contributed by atoms with Crippen molar-refractivity contribution in [1.82, 2.24) is 4.57 Å². The zero-order valence-electron chi connectivity index (χ0n) is 17.9. The molecule has 2 heterocycles. The maximum absolute atomic E-state index is 13.1. The first-order valence-electron chi connectivity index (χ1n) is 10.6. The molecule has 32 heavy (non-hydrogen) atoms. The van der Waals surface area contributed by atoms with Crippen molar-refractivity contribution in [3.05, 3.63) is 99.3 Å². The lowest BCUT2D eigenvalue weighted by molar-refractivity contribution is 0.101. The lowest BCUT2D eigenvalue weighted by Gasteiger charge is -2.09. The molecule has 0 aliphatic carbocycles. The third kappa shape index (κ3) is 3.73. The van der Waals surface area contributed by atoms with Crippen LogP contribution in [-0.4, -0.2) is 10.4 Å². The topological polar surface area (TPSA) is 40.5 Å². The zero-order valence-corrected chi connectivity index (χ0v) is 19.5. The van der Waals surface area contributed by atoms with Gasteiger partial charge in [0.15, 0.2) is 5.76 Å². The first kappa shape index (κ1) is 20.6. The number of ketones is 1. The van der Waals surface area contributed by atoms with Gasteiger partial charge in [-0.25, -0.2) is 0 Å². The zero-order chi connectivity index (χ0) is 22.2. The standard InChI is InChI=1S/C27H22BrNO3/c1-3-29-15-19(22-6-4-5-7-23(22)29)13-25-27(30)26-17(2)12-21(14-24(26)32-25)31-16-18-8-10-20(28)11-9-18/h4-15H,3,16H2,1-2H3/b25-13-. The summed E-state index contributed by atoms with van der Waals surface area (Å²) in [6.45, 7) is 5.32. The van der Waals surface area contributed by atoms with Crippen LogP contribution in [0.15, 0.2) is 77.1 Å². The molecule has 0 amide bonds. The Balaban J connectivity index is 1.43. The Hall–Kier alpha value is -3.31. The molecule has 3 aromatic carbocycles. The molecule has 0 unspecified atom stereocenters. The van der Waals surface area contributed by atoms with Crippen LogP contribution in [0.25, 0.3) is 17.0 Å². The molecule has 0 saturated carbocycles. The molecular formula is C27H22BrNO3. The summed E-state index contributed by atoms with van der Waals surface area (Å²) in [5.74, 6) is 1.48. The van der Waals surface area contributed by atoms with Gasteiger partial charge in [-0.2, -0.15) is 0 Å². The highest BCUT2D eigenvalue weighted by Crippen LogP contribution is 2.38. The molecule has 1 aliphatic heterocycles. The fourth-order valence-corrected chi connectivity index (χ4v) is 4.37. The minimum atomic E-state index is -0.0923. The predicted molar refractivity (Wildman–Crippen MR) is 130 cm³/mol. The number of hydrogen-bond donors (Lipinski definition) is 0. The molecule has 0 N–H and O–H groups in total. The molecule has 160 valence electrons. The van der Waals surface area contributed by atoms with Crippen molar-refractivity contribution in [1.29, 1.82) is 0 Å². The summed E-state index contributed by atoms with van der Waals surface area (Å²) in [5.41, 5.74) is 4.63. The predicted octanol–water partition coefficient (Wildman–Crippen LogP) is 6.93. The van der Waals surface area contributed by atoms with Gasteiger partial charge >= 0.3 is 0 Å². The molecule has 5 heteroatoms. The number of rotatable bonds is 5. The molecule has 0 fully saturated rings. The van der Waals surface area contributed by atoms with Gasteiger partial charge in [0.1, 0.15) is 18.1 Å². The number of ether oxygens (including phenoxy) is 2. The fraction of sp³-hybridized carbons (Fsp3) is 0.148. The van der Waals surface area contributed by atoms with Crippen LogP contribution in [0.2, 0.25) is 0 Å². The van der Waals surface area contributed by atoms with Crippen LogP contribution >= 0.6 is 15.9 Å². The van der Waals surface area contributed by atoms with Crippen molar-refractivity contribution < 1.29 is 14.3 Å². The van der Waals surface area contributed by atoms with E-state index in [0.717, 1.165) is 38.6 Å². The number of Topliss-reactive ketones (excluding diaryl/α,β-unsaturated/α-hetero) is 1. The molecular weight excluding hydrogens is 466 g/mol. The maximum atomic E-state index is 13.1. The number of aryl methyl sites for hydroxylation is 2. The first-order valence-corrected chi connectivity index (χ1v) is 11.4. The van der Waals surface area contributed by atoms with Crippen molar-refractivity contribution >= 4 is 38.7 Å². The van der Waals surface area contributed by atoms with Crippen molar-refractivity contribution in [2.75, 3.05) is 0 Å². The Morgan fingerprint density at radius 3 is 2.66 bits per heavy atom.